The Bertz CT molecular complexity index is 960. The molecule has 146 valence electrons. The highest BCUT2D eigenvalue weighted by molar-refractivity contribution is 7.98. The Morgan fingerprint density at radius 3 is 2.57 bits per heavy atom. The third-order valence-electron chi connectivity index (χ3n) is 5.30. The van der Waals surface area contributed by atoms with E-state index < -0.39 is 0 Å². The zero-order valence-corrected chi connectivity index (χ0v) is 17.5. The monoisotopic (exact) mass is 412 g/mol. The minimum atomic E-state index is 0.231. The van der Waals surface area contributed by atoms with Crippen LogP contribution in [0.2, 0.25) is 5.02 Å². The molecule has 28 heavy (non-hydrogen) atoms. The Kier molecular flexibility index (Phi) is 6.28. The van der Waals surface area contributed by atoms with Crippen LogP contribution in [0.25, 0.3) is 10.9 Å². The van der Waals surface area contributed by atoms with Crippen molar-refractivity contribution in [3.05, 3.63) is 65.3 Å². The van der Waals surface area contributed by atoms with E-state index in [4.69, 9.17) is 11.6 Å². The zero-order valence-electron chi connectivity index (χ0n) is 15.9. The summed E-state index contributed by atoms with van der Waals surface area (Å²) in [5, 5.41) is 1.97. The molecule has 1 saturated heterocycles. The maximum absolute atomic E-state index is 12.9. The first-order chi connectivity index (χ1) is 13.7. The molecule has 1 aliphatic rings. The van der Waals surface area contributed by atoms with Crippen molar-refractivity contribution in [3.8, 4) is 0 Å². The first-order valence-corrected chi connectivity index (χ1v) is 11.3. The largest absolute Gasteiger partial charge is 0.341 e. The summed E-state index contributed by atoms with van der Waals surface area (Å²) in [5.74, 6) is 1.09. The molecule has 1 aromatic heterocycles. The fourth-order valence-electron chi connectivity index (χ4n) is 3.81. The van der Waals surface area contributed by atoms with E-state index in [1.54, 1.807) is 11.8 Å². The van der Waals surface area contributed by atoms with Crippen molar-refractivity contribution < 1.29 is 4.79 Å². The van der Waals surface area contributed by atoms with E-state index in [0.717, 1.165) is 42.2 Å². The maximum Gasteiger partial charge on any atom is 0.242 e. The second kappa shape index (κ2) is 9.06. The first kappa shape index (κ1) is 19.4. The van der Waals surface area contributed by atoms with Crippen LogP contribution in [0, 0.1) is 0 Å². The highest BCUT2D eigenvalue weighted by Crippen LogP contribution is 2.32. The van der Waals surface area contributed by atoms with Gasteiger partial charge in [0, 0.05) is 45.9 Å². The highest BCUT2D eigenvalue weighted by Gasteiger charge is 2.18. The van der Waals surface area contributed by atoms with Gasteiger partial charge in [-0.2, -0.15) is 0 Å². The number of halogens is 1. The Morgan fingerprint density at radius 2 is 1.79 bits per heavy atom. The average molecular weight is 413 g/mol. The van der Waals surface area contributed by atoms with Crippen LogP contribution in [0.5, 0.6) is 0 Å². The molecule has 0 unspecified atom stereocenters. The van der Waals surface area contributed by atoms with Crippen LogP contribution in [0.15, 0.2) is 59.6 Å². The fraction of sp³-hybridized carbons (Fsp3) is 0.348. The van der Waals surface area contributed by atoms with Crippen LogP contribution in [-0.2, 0) is 17.1 Å². The predicted molar refractivity (Wildman–Crippen MR) is 118 cm³/mol. The third kappa shape index (κ3) is 4.56. The van der Waals surface area contributed by atoms with E-state index in [2.05, 4.69) is 35.0 Å². The van der Waals surface area contributed by atoms with E-state index in [-0.39, 0.29) is 5.91 Å². The van der Waals surface area contributed by atoms with Crippen molar-refractivity contribution in [2.24, 2.45) is 0 Å². The molecular weight excluding hydrogens is 388 g/mol. The molecule has 5 heteroatoms. The topological polar surface area (TPSA) is 25.2 Å². The minimum absolute atomic E-state index is 0.231. The van der Waals surface area contributed by atoms with Crippen LogP contribution in [0.4, 0.5) is 0 Å². The van der Waals surface area contributed by atoms with Gasteiger partial charge in [-0.1, -0.05) is 54.8 Å². The number of nitrogens with zero attached hydrogens (tertiary/aromatic N) is 2. The molecule has 1 amide bonds. The van der Waals surface area contributed by atoms with Crippen LogP contribution in [0.3, 0.4) is 0 Å². The zero-order chi connectivity index (χ0) is 19.3. The molecule has 0 bridgehead atoms. The van der Waals surface area contributed by atoms with Gasteiger partial charge >= 0.3 is 0 Å². The number of para-hydroxylation sites is 1. The number of fused-ring (bicyclic) bond motifs is 1. The van der Waals surface area contributed by atoms with E-state index in [1.807, 2.05) is 29.2 Å². The SMILES string of the molecule is O=C(Cn1cc(SCc2cccc(Cl)c2)c2ccccc21)N1CCCCCC1. The number of hydrogen-bond acceptors (Lipinski definition) is 2. The van der Waals surface area contributed by atoms with Gasteiger partial charge in [0.25, 0.3) is 0 Å². The molecule has 4 rings (SSSR count). The van der Waals surface area contributed by atoms with Gasteiger partial charge in [-0.25, -0.2) is 0 Å². The van der Waals surface area contributed by atoms with Crippen molar-refractivity contribution in [3.63, 3.8) is 0 Å². The van der Waals surface area contributed by atoms with Gasteiger partial charge in [0.1, 0.15) is 6.54 Å². The highest BCUT2D eigenvalue weighted by atomic mass is 35.5. The van der Waals surface area contributed by atoms with Gasteiger partial charge < -0.3 is 9.47 Å². The molecule has 0 radical (unpaired) electrons. The van der Waals surface area contributed by atoms with Gasteiger partial charge in [0.15, 0.2) is 0 Å². The van der Waals surface area contributed by atoms with E-state index in [9.17, 15) is 4.79 Å². The lowest BCUT2D eigenvalue weighted by atomic mass is 10.2. The smallest absolute Gasteiger partial charge is 0.242 e. The lowest BCUT2D eigenvalue weighted by Crippen LogP contribution is -2.34. The Labute approximate surface area is 175 Å². The fourth-order valence-corrected chi connectivity index (χ4v) is 5.06. The number of hydrogen-bond donors (Lipinski definition) is 0. The molecule has 1 aliphatic heterocycles. The third-order valence-corrected chi connectivity index (χ3v) is 6.65. The molecule has 2 heterocycles. The van der Waals surface area contributed by atoms with Crippen molar-refractivity contribution in [2.75, 3.05) is 13.1 Å². The number of carbonyl (C=O) groups is 1. The lowest BCUT2D eigenvalue weighted by Gasteiger charge is -2.20. The van der Waals surface area contributed by atoms with Crippen molar-refractivity contribution in [2.45, 2.75) is 42.9 Å². The van der Waals surface area contributed by atoms with Crippen LogP contribution in [0.1, 0.15) is 31.2 Å². The molecule has 0 spiro atoms. The second-order valence-corrected chi connectivity index (χ2v) is 8.81. The Balaban J connectivity index is 1.53. The number of amides is 1. The normalized spacial score (nSPS) is 15.0. The summed E-state index contributed by atoms with van der Waals surface area (Å²) in [7, 11) is 0. The lowest BCUT2D eigenvalue weighted by molar-refractivity contribution is -0.131. The minimum Gasteiger partial charge on any atom is -0.341 e. The van der Waals surface area contributed by atoms with Crippen LogP contribution >= 0.6 is 23.4 Å². The van der Waals surface area contributed by atoms with Crippen molar-refractivity contribution >= 4 is 40.2 Å². The Hall–Kier alpha value is -1.91. The summed E-state index contributed by atoms with van der Waals surface area (Å²) in [5.41, 5.74) is 2.33. The molecule has 0 N–H and O–H groups in total. The standard InChI is InChI=1S/C23H25ClN2OS/c24-19-9-7-8-18(14-19)17-28-22-15-26(21-11-4-3-10-20(21)22)16-23(27)25-12-5-1-2-6-13-25/h3-4,7-11,14-15H,1-2,5-6,12-13,16-17H2. The number of thioether (sulfide) groups is 1. The predicted octanol–water partition coefficient (Wildman–Crippen LogP) is 5.99. The summed E-state index contributed by atoms with van der Waals surface area (Å²) in [4.78, 5) is 16.1. The van der Waals surface area contributed by atoms with Gasteiger partial charge in [-0.05, 0) is 36.6 Å². The molecule has 2 aromatic carbocycles. The maximum atomic E-state index is 12.9. The van der Waals surface area contributed by atoms with Gasteiger partial charge in [-0.15, -0.1) is 11.8 Å². The van der Waals surface area contributed by atoms with Crippen LogP contribution < -0.4 is 0 Å². The first-order valence-electron chi connectivity index (χ1n) is 9.93. The summed E-state index contributed by atoms with van der Waals surface area (Å²) < 4.78 is 2.11. The molecule has 0 saturated carbocycles. The number of benzene rings is 2. The van der Waals surface area contributed by atoms with E-state index >= 15 is 0 Å². The number of rotatable bonds is 5. The summed E-state index contributed by atoms with van der Waals surface area (Å²) in [6.45, 7) is 2.21. The summed E-state index contributed by atoms with van der Waals surface area (Å²) in [6, 6.07) is 16.3. The molecule has 0 aliphatic carbocycles. The summed E-state index contributed by atoms with van der Waals surface area (Å²) in [6.07, 6.45) is 6.86. The summed E-state index contributed by atoms with van der Waals surface area (Å²) >= 11 is 7.91. The van der Waals surface area contributed by atoms with Gasteiger partial charge in [-0.3, -0.25) is 4.79 Å². The number of carbonyl (C=O) groups excluding carboxylic acids is 1. The molecule has 0 atom stereocenters. The second-order valence-electron chi connectivity index (χ2n) is 7.35. The van der Waals surface area contributed by atoms with E-state index in [0.29, 0.717) is 6.54 Å². The quantitative estimate of drug-likeness (QED) is 0.481. The van der Waals surface area contributed by atoms with Gasteiger partial charge in [0.2, 0.25) is 5.91 Å². The molecular formula is C23H25ClN2OS. The Morgan fingerprint density at radius 1 is 1.00 bits per heavy atom. The van der Waals surface area contributed by atoms with Gasteiger partial charge in [0.05, 0.1) is 0 Å². The molecule has 3 aromatic rings. The number of aromatic nitrogens is 1. The number of likely N-dealkylation sites (tertiary alicyclic amines) is 1. The van der Waals surface area contributed by atoms with Crippen LogP contribution in [-0.4, -0.2) is 28.5 Å². The van der Waals surface area contributed by atoms with Crippen molar-refractivity contribution in [1.29, 1.82) is 0 Å². The average Bonchev–Trinajstić information content (AvgIpc) is 2.87. The molecule has 3 nitrogen and oxygen atoms in total. The van der Waals surface area contributed by atoms with Crippen molar-refractivity contribution in [1.82, 2.24) is 9.47 Å². The molecule has 1 fully saturated rings. The van der Waals surface area contributed by atoms with E-state index in [1.165, 1.54) is 28.7 Å².